The second-order valence-electron chi connectivity index (χ2n) is 4.28. The van der Waals surface area contributed by atoms with E-state index in [4.69, 9.17) is 11.6 Å². The summed E-state index contributed by atoms with van der Waals surface area (Å²) in [6, 6.07) is 4.59. The lowest BCUT2D eigenvalue weighted by atomic mass is 9.85. The minimum absolute atomic E-state index is 0.245. The Morgan fingerprint density at radius 3 is 2.88 bits per heavy atom. The van der Waals surface area contributed by atoms with Crippen molar-refractivity contribution >= 4 is 11.6 Å². The van der Waals surface area contributed by atoms with Gasteiger partial charge in [0.05, 0.1) is 5.60 Å². The molecule has 1 atom stereocenters. The standard InChI is InChI=1S/C13H14ClFO/c14-11-5-4-6-12(15)10(11)9-13(16)7-2-1-3-8-13/h2,4-7,16H,1,3,8-9H2. The van der Waals surface area contributed by atoms with Crippen molar-refractivity contribution in [2.24, 2.45) is 0 Å². The van der Waals surface area contributed by atoms with Gasteiger partial charge >= 0.3 is 0 Å². The molecular weight excluding hydrogens is 227 g/mol. The molecule has 0 bridgehead atoms. The molecule has 0 spiro atoms. The summed E-state index contributed by atoms with van der Waals surface area (Å²) in [6.07, 6.45) is 6.52. The smallest absolute Gasteiger partial charge is 0.128 e. The number of hydrogen-bond acceptors (Lipinski definition) is 1. The van der Waals surface area contributed by atoms with Gasteiger partial charge in [-0.1, -0.05) is 29.8 Å². The predicted molar refractivity (Wildman–Crippen MR) is 63.1 cm³/mol. The molecule has 0 radical (unpaired) electrons. The fourth-order valence-corrected chi connectivity index (χ4v) is 2.30. The Bertz CT molecular complexity index is 396. The van der Waals surface area contributed by atoms with Crippen LogP contribution in [0.15, 0.2) is 30.4 Å². The van der Waals surface area contributed by atoms with Gasteiger partial charge in [-0.15, -0.1) is 0 Å². The van der Waals surface area contributed by atoms with Crippen molar-refractivity contribution < 1.29 is 9.50 Å². The lowest BCUT2D eigenvalue weighted by Gasteiger charge is -2.28. The molecule has 1 aromatic carbocycles. The first-order chi connectivity index (χ1) is 7.61. The molecule has 86 valence electrons. The fraction of sp³-hybridized carbons (Fsp3) is 0.385. The van der Waals surface area contributed by atoms with Crippen LogP contribution in [-0.2, 0) is 6.42 Å². The molecule has 0 fully saturated rings. The van der Waals surface area contributed by atoms with Crippen LogP contribution in [0.4, 0.5) is 4.39 Å². The molecule has 1 N–H and O–H groups in total. The molecule has 3 heteroatoms. The second-order valence-corrected chi connectivity index (χ2v) is 4.68. The van der Waals surface area contributed by atoms with E-state index in [9.17, 15) is 9.50 Å². The maximum absolute atomic E-state index is 13.6. The van der Waals surface area contributed by atoms with Crippen molar-refractivity contribution in [2.75, 3.05) is 0 Å². The monoisotopic (exact) mass is 240 g/mol. The van der Waals surface area contributed by atoms with Gasteiger partial charge in [-0.25, -0.2) is 4.39 Å². The number of aliphatic hydroxyl groups is 1. The van der Waals surface area contributed by atoms with Crippen molar-refractivity contribution in [1.82, 2.24) is 0 Å². The fourth-order valence-electron chi connectivity index (χ4n) is 2.07. The van der Waals surface area contributed by atoms with Gasteiger partial charge in [-0.3, -0.25) is 0 Å². The van der Waals surface area contributed by atoms with Crippen LogP contribution in [0.3, 0.4) is 0 Å². The third-order valence-corrected chi connectivity index (χ3v) is 3.31. The zero-order chi connectivity index (χ0) is 11.6. The second kappa shape index (κ2) is 4.56. The summed E-state index contributed by atoms with van der Waals surface area (Å²) in [4.78, 5) is 0. The highest BCUT2D eigenvalue weighted by Gasteiger charge is 2.27. The van der Waals surface area contributed by atoms with Crippen LogP contribution in [-0.4, -0.2) is 10.7 Å². The van der Waals surface area contributed by atoms with E-state index in [-0.39, 0.29) is 12.2 Å². The number of rotatable bonds is 2. The summed E-state index contributed by atoms with van der Waals surface area (Å²) in [7, 11) is 0. The van der Waals surface area contributed by atoms with Gasteiger partial charge in [-0.2, -0.15) is 0 Å². The average molecular weight is 241 g/mol. The molecule has 2 rings (SSSR count). The highest BCUT2D eigenvalue weighted by Crippen LogP contribution is 2.30. The molecule has 1 nitrogen and oxygen atoms in total. The highest BCUT2D eigenvalue weighted by atomic mass is 35.5. The molecule has 0 heterocycles. The normalized spacial score (nSPS) is 24.7. The van der Waals surface area contributed by atoms with Crippen LogP contribution in [0, 0.1) is 5.82 Å². The largest absolute Gasteiger partial charge is 0.385 e. The van der Waals surface area contributed by atoms with E-state index < -0.39 is 5.60 Å². The third-order valence-electron chi connectivity index (χ3n) is 2.95. The van der Waals surface area contributed by atoms with Crippen LogP contribution in [0.25, 0.3) is 0 Å². The Balaban J connectivity index is 2.26. The number of halogens is 2. The maximum atomic E-state index is 13.6. The molecule has 16 heavy (non-hydrogen) atoms. The van der Waals surface area contributed by atoms with Crippen molar-refractivity contribution in [1.29, 1.82) is 0 Å². The van der Waals surface area contributed by atoms with E-state index >= 15 is 0 Å². The van der Waals surface area contributed by atoms with Crippen molar-refractivity contribution in [3.8, 4) is 0 Å². The van der Waals surface area contributed by atoms with Crippen LogP contribution >= 0.6 is 11.6 Å². The Morgan fingerprint density at radius 1 is 1.44 bits per heavy atom. The first-order valence-electron chi connectivity index (χ1n) is 5.44. The molecule has 1 aliphatic rings. The average Bonchev–Trinajstić information content (AvgIpc) is 2.25. The molecule has 0 saturated heterocycles. The van der Waals surface area contributed by atoms with Gasteiger partial charge in [0, 0.05) is 17.0 Å². The summed E-state index contributed by atoms with van der Waals surface area (Å²) in [5.74, 6) is -0.347. The summed E-state index contributed by atoms with van der Waals surface area (Å²) in [6.45, 7) is 0. The Morgan fingerprint density at radius 2 is 2.25 bits per heavy atom. The maximum Gasteiger partial charge on any atom is 0.128 e. The lowest BCUT2D eigenvalue weighted by Crippen LogP contribution is -2.31. The van der Waals surface area contributed by atoms with Crippen LogP contribution in [0.5, 0.6) is 0 Å². The van der Waals surface area contributed by atoms with Crippen LogP contribution < -0.4 is 0 Å². The SMILES string of the molecule is OC1(Cc2c(F)cccc2Cl)C=CCCC1. The Hall–Kier alpha value is -0.860. The first-order valence-corrected chi connectivity index (χ1v) is 5.81. The summed E-state index contributed by atoms with van der Waals surface area (Å²) < 4.78 is 13.6. The predicted octanol–water partition coefficient (Wildman–Crippen LogP) is 3.49. The highest BCUT2D eigenvalue weighted by molar-refractivity contribution is 6.31. The lowest BCUT2D eigenvalue weighted by molar-refractivity contribution is 0.0742. The van der Waals surface area contributed by atoms with E-state index in [1.165, 1.54) is 6.07 Å². The zero-order valence-corrected chi connectivity index (χ0v) is 9.67. The van der Waals surface area contributed by atoms with Crippen LogP contribution in [0.2, 0.25) is 5.02 Å². The van der Waals surface area contributed by atoms with Crippen molar-refractivity contribution in [3.63, 3.8) is 0 Å². The number of allylic oxidation sites excluding steroid dienone is 1. The van der Waals surface area contributed by atoms with Crippen molar-refractivity contribution in [2.45, 2.75) is 31.3 Å². The Labute approximate surface area is 99.6 Å². The summed E-state index contributed by atoms with van der Waals surface area (Å²) in [5, 5.41) is 10.6. The number of hydrogen-bond donors (Lipinski definition) is 1. The molecule has 0 saturated carbocycles. The molecule has 1 aromatic rings. The van der Waals surface area contributed by atoms with Gasteiger partial charge in [0.25, 0.3) is 0 Å². The first kappa shape index (κ1) is 11.6. The molecule has 1 aliphatic carbocycles. The van der Waals surface area contributed by atoms with E-state index in [2.05, 4.69) is 0 Å². The summed E-state index contributed by atoms with van der Waals surface area (Å²) >= 11 is 5.94. The molecular formula is C13H14ClFO. The van der Waals surface area contributed by atoms with Gasteiger partial charge < -0.3 is 5.11 Å². The molecule has 0 aliphatic heterocycles. The molecule has 1 unspecified atom stereocenters. The molecule has 0 aromatic heterocycles. The van der Waals surface area contributed by atoms with E-state index in [0.717, 1.165) is 12.8 Å². The summed E-state index contributed by atoms with van der Waals surface area (Å²) in [5.41, 5.74) is -0.539. The van der Waals surface area contributed by atoms with Gasteiger partial charge in [0.2, 0.25) is 0 Å². The topological polar surface area (TPSA) is 20.2 Å². The minimum atomic E-state index is -0.940. The van der Waals surface area contributed by atoms with Gasteiger partial charge in [0.15, 0.2) is 0 Å². The van der Waals surface area contributed by atoms with Gasteiger partial charge in [0.1, 0.15) is 5.82 Å². The van der Waals surface area contributed by atoms with Gasteiger partial charge in [-0.05, 0) is 31.4 Å². The van der Waals surface area contributed by atoms with Crippen molar-refractivity contribution in [3.05, 3.63) is 46.8 Å². The third kappa shape index (κ3) is 2.45. The minimum Gasteiger partial charge on any atom is -0.385 e. The van der Waals surface area contributed by atoms with E-state index in [1.807, 2.05) is 6.08 Å². The molecule has 0 amide bonds. The van der Waals surface area contributed by atoms with E-state index in [1.54, 1.807) is 18.2 Å². The Kier molecular flexibility index (Phi) is 3.31. The zero-order valence-electron chi connectivity index (χ0n) is 8.92. The quantitative estimate of drug-likeness (QED) is 0.785. The van der Waals surface area contributed by atoms with Crippen LogP contribution in [0.1, 0.15) is 24.8 Å². The number of benzene rings is 1. The van der Waals surface area contributed by atoms with E-state index in [0.29, 0.717) is 17.0 Å².